The lowest BCUT2D eigenvalue weighted by Crippen LogP contribution is -2.41. The zero-order valence-corrected chi connectivity index (χ0v) is 19.1. The number of aromatic nitrogens is 2. The first-order valence-electron chi connectivity index (χ1n) is 10.4. The van der Waals surface area contributed by atoms with E-state index in [4.69, 9.17) is 5.73 Å². The van der Waals surface area contributed by atoms with Crippen LogP contribution in [-0.2, 0) is 26.1 Å². The summed E-state index contributed by atoms with van der Waals surface area (Å²) in [5.74, 6) is -0.335. The van der Waals surface area contributed by atoms with Crippen molar-refractivity contribution in [2.24, 2.45) is 12.8 Å². The van der Waals surface area contributed by atoms with Crippen molar-refractivity contribution < 1.29 is 18.0 Å². The van der Waals surface area contributed by atoms with Gasteiger partial charge in [-0.15, -0.1) is 11.3 Å². The lowest BCUT2D eigenvalue weighted by atomic mass is 9.99. The first kappa shape index (κ1) is 24.0. The second-order valence-electron chi connectivity index (χ2n) is 7.76. The van der Waals surface area contributed by atoms with E-state index in [9.17, 15) is 18.0 Å². The Morgan fingerprint density at radius 1 is 1.31 bits per heavy atom. The van der Waals surface area contributed by atoms with Crippen LogP contribution in [0.15, 0.2) is 36.5 Å². The molecule has 1 amide bonds. The molecule has 2 aromatic heterocycles. The Hall–Kier alpha value is -2.65. The van der Waals surface area contributed by atoms with Crippen LogP contribution < -0.4 is 11.1 Å². The first-order valence-corrected chi connectivity index (χ1v) is 11.2. The number of nitrogens with zero attached hydrogens (tertiary/aromatic N) is 2. The molecule has 0 unspecified atom stereocenters. The van der Waals surface area contributed by atoms with E-state index in [2.05, 4.69) is 17.3 Å². The molecule has 3 aromatic rings. The van der Waals surface area contributed by atoms with Crippen molar-refractivity contribution in [3.8, 4) is 11.3 Å². The number of aryl methyl sites for hydroxylation is 3. The number of amides is 1. The number of benzene rings is 1. The summed E-state index contributed by atoms with van der Waals surface area (Å²) in [7, 11) is 1.86. The van der Waals surface area contributed by atoms with Gasteiger partial charge in [0, 0.05) is 30.1 Å². The van der Waals surface area contributed by atoms with E-state index in [0.717, 1.165) is 40.6 Å². The van der Waals surface area contributed by atoms with Crippen LogP contribution in [0.2, 0.25) is 0 Å². The molecule has 0 saturated carbocycles. The van der Waals surface area contributed by atoms with Gasteiger partial charge in [-0.2, -0.15) is 18.3 Å². The molecule has 172 valence electrons. The fourth-order valence-electron chi connectivity index (χ4n) is 3.78. The number of thiophene rings is 1. The van der Waals surface area contributed by atoms with Gasteiger partial charge in [0.25, 0.3) is 5.91 Å². The molecule has 0 aliphatic rings. The molecule has 2 heterocycles. The molecule has 0 aliphatic heterocycles. The highest BCUT2D eigenvalue weighted by molar-refractivity contribution is 7.14. The maximum atomic E-state index is 13.3. The number of nitrogens with two attached hydrogens (primary N) is 1. The summed E-state index contributed by atoms with van der Waals surface area (Å²) in [5, 5.41) is 7.12. The normalized spacial score (nSPS) is 12.7. The van der Waals surface area contributed by atoms with E-state index in [0.29, 0.717) is 4.88 Å². The van der Waals surface area contributed by atoms with Gasteiger partial charge in [0.2, 0.25) is 0 Å². The molecule has 0 saturated heterocycles. The van der Waals surface area contributed by atoms with Crippen LogP contribution in [0.4, 0.5) is 13.2 Å². The lowest BCUT2D eigenvalue weighted by molar-refractivity contribution is -0.138. The maximum absolute atomic E-state index is 13.3. The molecule has 5 nitrogen and oxygen atoms in total. The Bertz CT molecular complexity index is 1070. The van der Waals surface area contributed by atoms with Gasteiger partial charge >= 0.3 is 6.18 Å². The van der Waals surface area contributed by atoms with Crippen LogP contribution in [0, 0.1) is 6.92 Å². The Kier molecular flexibility index (Phi) is 7.40. The first-order chi connectivity index (χ1) is 15.2. The van der Waals surface area contributed by atoms with E-state index in [-0.39, 0.29) is 24.4 Å². The van der Waals surface area contributed by atoms with Crippen molar-refractivity contribution in [1.82, 2.24) is 15.1 Å². The smallest absolute Gasteiger partial charge is 0.347 e. The van der Waals surface area contributed by atoms with Crippen molar-refractivity contribution in [1.29, 1.82) is 0 Å². The number of carbonyl (C=O) groups is 1. The van der Waals surface area contributed by atoms with Crippen LogP contribution in [0.25, 0.3) is 11.3 Å². The van der Waals surface area contributed by atoms with Crippen LogP contribution in [-0.4, -0.2) is 28.3 Å². The van der Waals surface area contributed by atoms with Crippen LogP contribution in [0.3, 0.4) is 0 Å². The third kappa shape index (κ3) is 5.21. The summed E-state index contributed by atoms with van der Waals surface area (Å²) in [6, 6.07) is 6.59. The highest BCUT2D eigenvalue weighted by Crippen LogP contribution is 2.35. The average Bonchev–Trinajstić information content (AvgIpc) is 3.29. The number of hydrogen-bond donors (Lipinski definition) is 2. The summed E-state index contributed by atoms with van der Waals surface area (Å²) >= 11 is 1.40. The van der Waals surface area contributed by atoms with Gasteiger partial charge in [0.15, 0.2) is 0 Å². The molecule has 3 N–H and O–H groups in total. The Labute approximate surface area is 189 Å². The molecule has 9 heteroatoms. The molecule has 32 heavy (non-hydrogen) atoms. The fourth-order valence-corrected chi connectivity index (χ4v) is 4.94. The van der Waals surface area contributed by atoms with E-state index in [1.54, 1.807) is 16.9 Å². The standard InChI is InChI=1S/C23H27F3N4OS/c1-4-7-19-17(21-14(2)13-28-30(21)3)11-20(32-19)22(31)29-16(12-27)10-15-8-5-6-9-18(15)23(24,25)26/h5-6,8-9,11,13,16H,4,7,10,12,27H2,1-3H3,(H,29,31)/t16-/m0/s1. The highest BCUT2D eigenvalue weighted by Gasteiger charge is 2.33. The Morgan fingerprint density at radius 3 is 2.62 bits per heavy atom. The number of rotatable bonds is 8. The van der Waals surface area contributed by atoms with Crippen molar-refractivity contribution in [3.63, 3.8) is 0 Å². The average molecular weight is 465 g/mol. The SMILES string of the molecule is CCCc1sc(C(=O)N[C@H](CN)Cc2ccccc2C(F)(F)F)cc1-c1c(C)cnn1C. The van der Waals surface area contributed by atoms with Crippen molar-refractivity contribution >= 4 is 17.2 Å². The molecule has 0 radical (unpaired) electrons. The molecule has 3 rings (SSSR count). The van der Waals surface area contributed by atoms with Crippen LogP contribution in [0.5, 0.6) is 0 Å². The van der Waals surface area contributed by atoms with Gasteiger partial charge in [-0.3, -0.25) is 9.48 Å². The molecule has 0 fully saturated rings. The van der Waals surface area contributed by atoms with Crippen molar-refractivity contribution in [2.45, 2.75) is 45.3 Å². The quantitative estimate of drug-likeness (QED) is 0.506. The number of alkyl halides is 3. The minimum Gasteiger partial charge on any atom is -0.347 e. The monoisotopic (exact) mass is 464 g/mol. The lowest BCUT2D eigenvalue weighted by Gasteiger charge is -2.19. The Balaban J connectivity index is 1.84. The zero-order valence-electron chi connectivity index (χ0n) is 18.3. The minimum absolute atomic E-state index is 0.00118. The second kappa shape index (κ2) is 9.87. The highest BCUT2D eigenvalue weighted by atomic mass is 32.1. The van der Waals surface area contributed by atoms with E-state index < -0.39 is 17.8 Å². The third-order valence-electron chi connectivity index (χ3n) is 5.30. The fraction of sp³-hybridized carbons (Fsp3) is 0.391. The van der Waals surface area contributed by atoms with E-state index in [1.807, 2.05) is 20.0 Å². The summed E-state index contributed by atoms with van der Waals surface area (Å²) < 4.78 is 41.8. The predicted octanol–water partition coefficient (Wildman–Crippen LogP) is 4.73. The van der Waals surface area contributed by atoms with E-state index in [1.165, 1.54) is 23.5 Å². The second-order valence-corrected chi connectivity index (χ2v) is 8.90. The predicted molar refractivity (Wildman–Crippen MR) is 121 cm³/mol. The summed E-state index contributed by atoms with van der Waals surface area (Å²) in [6.07, 6.45) is -0.940. The number of carbonyl (C=O) groups excluding carboxylic acids is 1. The maximum Gasteiger partial charge on any atom is 0.416 e. The van der Waals surface area contributed by atoms with Gasteiger partial charge in [0.05, 0.1) is 22.3 Å². The third-order valence-corrected chi connectivity index (χ3v) is 6.49. The summed E-state index contributed by atoms with van der Waals surface area (Å²) in [5.41, 5.74) is 8.14. The molecule has 1 aromatic carbocycles. The Morgan fingerprint density at radius 2 is 2.03 bits per heavy atom. The largest absolute Gasteiger partial charge is 0.416 e. The molecule has 0 aliphatic carbocycles. The van der Waals surface area contributed by atoms with Gasteiger partial charge in [-0.25, -0.2) is 0 Å². The summed E-state index contributed by atoms with van der Waals surface area (Å²) in [4.78, 5) is 14.6. The van der Waals surface area contributed by atoms with Gasteiger partial charge < -0.3 is 11.1 Å². The molecule has 1 atom stereocenters. The van der Waals surface area contributed by atoms with Crippen molar-refractivity contribution in [2.75, 3.05) is 6.54 Å². The van der Waals surface area contributed by atoms with Crippen molar-refractivity contribution in [3.05, 3.63) is 63.0 Å². The minimum atomic E-state index is -4.46. The number of nitrogens with one attached hydrogen (secondary N) is 1. The molecular weight excluding hydrogens is 437 g/mol. The summed E-state index contributed by atoms with van der Waals surface area (Å²) in [6.45, 7) is 4.07. The van der Waals surface area contributed by atoms with Gasteiger partial charge in [-0.05, 0) is 43.0 Å². The zero-order chi connectivity index (χ0) is 23.5. The molecule has 0 bridgehead atoms. The van der Waals surface area contributed by atoms with Crippen LogP contribution in [0.1, 0.15) is 44.6 Å². The topological polar surface area (TPSA) is 72.9 Å². The van der Waals surface area contributed by atoms with Gasteiger partial charge in [0.1, 0.15) is 0 Å². The number of hydrogen-bond acceptors (Lipinski definition) is 4. The molecule has 0 spiro atoms. The molecular formula is C23H27F3N4OS. The number of halogens is 3. The van der Waals surface area contributed by atoms with E-state index >= 15 is 0 Å². The van der Waals surface area contributed by atoms with Crippen LogP contribution >= 0.6 is 11.3 Å². The van der Waals surface area contributed by atoms with Gasteiger partial charge in [-0.1, -0.05) is 31.5 Å².